The van der Waals surface area contributed by atoms with Gasteiger partial charge in [-0.15, -0.1) is 12.4 Å². The average Bonchev–Trinajstić information content (AvgIpc) is 2.24. The normalized spacial score (nSPS) is 12.8. The second-order valence-electron chi connectivity index (χ2n) is 5.18. The molecule has 0 saturated carbocycles. The smallest absolute Gasteiger partial charge is 0.241 e. The molecule has 0 spiro atoms. The van der Waals surface area contributed by atoms with E-state index < -0.39 is 25.4 Å². The van der Waals surface area contributed by atoms with E-state index in [1.807, 2.05) is 0 Å². The Morgan fingerprint density at radius 2 is 1.76 bits per heavy atom. The van der Waals surface area contributed by atoms with E-state index in [0.717, 1.165) is 6.26 Å². The van der Waals surface area contributed by atoms with E-state index in [-0.39, 0.29) is 33.2 Å². The summed E-state index contributed by atoms with van der Waals surface area (Å²) < 4.78 is 49.6. The highest BCUT2D eigenvalue weighted by atomic mass is 79.9. The van der Waals surface area contributed by atoms with Gasteiger partial charge < -0.3 is 5.73 Å². The maximum Gasteiger partial charge on any atom is 0.241 e. The summed E-state index contributed by atoms with van der Waals surface area (Å²) in [5, 5.41) is 0. The molecule has 0 amide bonds. The number of nitrogens with one attached hydrogen (secondary N) is 1. The molecule has 0 unspecified atom stereocenters. The van der Waals surface area contributed by atoms with Crippen molar-refractivity contribution in [1.82, 2.24) is 4.72 Å². The molecular weight excluding hydrogens is 404 g/mol. The fraction of sp³-hybridized carbons (Fsp3) is 0.455. The maximum absolute atomic E-state index is 12.1. The highest BCUT2D eigenvalue weighted by Crippen LogP contribution is 2.25. The lowest BCUT2D eigenvalue weighted by Crippen LogP contribution is -2.45. The van der Waals surface area contributed by atoms with Crippen molar-refractivity contribution in [2.24, 2.45) is 5.73 Å². The van der Waals surface area contributed by atoms with E-state index in [9.17, 15) is 16.8 Å². The molecule has 10 heteroatoms. The molecule has 0 aliphatic heterocycles. The maximum atomic E-state index is 12.1. The van der Waals surface area contributed by atoms with Crippen LogP contribution in [0.1, 0.15) is 13.8 Å². The minimum atomic E-state index is -3.76. The molecule has 122 valence electrons. The highest BCUT2D eigenvalue weighted by Gasteiger charge is 2.22. The molecule has 0 aliphatic carbocycles. The molecule has 0 aromatic heterocycles. The topological polar surface area (TPSA) is 106 Å². The summed E-state index contributed by atoms with van der Waals surface area (Å²) in [6.45, 7) is 3.45. The Bertz CT molecular complexity index is 712. The molecule has 6 nitrogen and oxygen atoms in total. The standard InChI is InChI=1S/C11H17BrN2O4S2.ClH/c1-11(2,13)7-14-20(17,18)10-5-4-8(6-9(10)12)19(3,15)16;/h4-6,14H,7,13H2,1-3H3;1H. The molecule has 0 radical (unpaired) electrons. The number of halogens is 2. The summed E-state index contributed by atoms with van der Waals surface area (Å²) in [6.07, 6.45) is 1.05. The quantitative estimate of drug-likeness (QED) is 0.745. The van der Waals surface area contributed by atoms with Crippen LogP contribution < -0.4 is 10.5 Å². The van der Waals surface area contributed by atoms with Gasteiger partial charge in [-0.1, -0.05) is 0 Å². The third-order valence-electron chi connectivity index (χ3n) is 2.34. The van der Waals surface area contributed by atoms with Crippen LogP contribution in [0.5, 0.6) is 0 Å². The second kappa shape index (κ2) is 6.93. The molecule has 0 saturated heterocycles. The number of rotatable bonds is 5. The lowest BCUT2D eigenvalue weighted by Gasteiger charge is -2.19. The molecule has 0 heterocycles. The SMILES string of the molecule is CC(C)(N)CNS(=O)(=O)c1ccc(S(C)(=O)=O)cc1Br.Cl. The summed E-state index contributed by atoms with van der Waals surface area (Å²) >= 11 is 3.08. The van der Waals surface area contributed by atoms with Gasteiger partial charge in [0.2, 0.25) is 10.0 Å². The van der Waals surface area contributed by atoms with Crippen LogP contribution >= 0.6 is 28.3 Å². The Morgan fingerprint density at radius 3 is 2.14 bits per heavy atom. The minimum absolute atomic E-state index is 0. The number of benzene rings is 1. The first-order valence-corrected chi connectivity index (χ1v) is 9.78. The predicted octanol–water partition coefficient (Wildman–Crippen LogP) is 1.29. The molecule has 0 aliphatic rings. The van der Waals surface area contributed by atoms with Crippen LogP contribution in [0.4, 0.5) is 0 Å². The van der Waals surface area contributed by atoms with Crippen LogP contribution in [0.2, 0.25) is 0 Å². The fourth-order valence-electron chi connectivity index (χ4n) is 1.29. The van der Waals surface area contributed by atoms with Crippen molar-refractivity contribution in [2.45, 2.75) is 29.2 Å². The van der Waals surface area contributed by atoms with Crippen LogP contribution in [0.15, 0.2) is 32.5 Å². The number of sulfonamides is 1. The molecule has 1 aromatic carbocycles. The van der Waals surface area contributed by atoms with Gasteiger partial charge in [-0.3, -0.25) is 0 Å². The Hall–Kier alpha value is -0.190. The van der Waals surface area contributed by atoms with Gasteiger partial charge in [-0.25, -0.2) is 21.6 Å². The number of hydrogen-bond acceptors (Lipinski definition) is 5. The van der Waals surface area contributed by atoms with E-state index >= 15 is 0 Å². The number of nitrogens with two attached hydrogens (primary N) is 1. The Morgan fingerprint density at radius 1 is 1.24 bits per heavy atom. The van der Waals surface area contributed by atoms with E-state index in [1.165, 1.54) is 18.2 Å². The molecular formula is C11H18BrClN2O4S2. The molecule has 0 fully saturated rings. The molecule has 1 rings (SSSR count). The monoisotopic (exact) mass is 420 g/mol. The van der Waals surface area contributed by atoms with Crippen molar-refractivity contribution in [1.29, 1.82) is 0 Å². The molecule has 0 bridgehead atoms. The van der Waals surface area contributed by atoms with E-state index in [1.54, 1.807) is 13.8 Å². The van der Waals surface area contributed by atoms with Crippen LogP contribution in [0.3, 0.4) is 0 Å². The second-order valence-corrected chi connectivity index (χ2v) is 9.78. The van der Waals surface area contributed by atoms with Gasteiger partial charge >= 0.3 is 0 Å². The number of sulfone groups is 1. The predicted molar refractivity (Wildman–Crippen MR) is 88.0 cm³/mol. The average molecular weight is 422 g/mol. The van der Waals surface area contributed by atoms with Gasteiger partial charge in [-0.2, -0.15) is 0 Å². The van der Waals surface area contributed by atoms with Gasteiger partial charge in [0.25, 0.3) is 0 Å². The van der Waals surface area contributed by atoms with Gasteiger partial charge in [0, 0.05) is 22.8 Å². The van der Waals surface area contributed by atoms with Crippen molar-refractivity contribution in [3.05, 3.63) is 22.7 Å². The van der Waals surface area contributed by atoms with Crippen LogP contribution in [-0.2, 0) is 19.9 Å². The Labute approximate surface area is 140 Å². The van der Waals surface area contributed by atoms with Gasteiger partial charge in [-0.05, 0) is 48.0 Å². The largest absolute Gasteiger partial charge is 0.324 e. The molecule has 1 aromatic rings. The van der Waals surface area contributed by atoms with Gasteiger partial charge in [0.05, 0.1) is 9.79 Å². The van der Waals surface area contributed by atoms with Crippen LogP contribution in [0, 0.1) is 0 Å². The first-order chi connectivity index (χ1) is 8.83. The van der Waals surface area contributed by atoms with Crippen molar-refractivity contribution in [3.8, 4) is 0 Å². The molecule has 21 heavy (non-hydrogen) atoms. The first kappa shape index (κ1) is 20.8. The first-order valence-electron chi connectivity index (χ1n) is 5.61. The highest BCUT2D eigenvalue weighted by molar-refractivity contribution is 9.10. The van der Waals surface area contributed by atoms with E-state index in [0.29, 0.717) is 0 Å². The van der Waals surface area contributed by atoms with E-state index in [4.69, 9.17) is 5.73 Å². The zero-order valence-electron chi connectivity index (χ0n) is 11.8. The van der Waals surface area contributed by atoms with E-state index in [2.05, 4.69) is 20.7 Å². The van der Waals surface area contributed by atoms with Crippen molar-refractivity contribution >= 4 is 48.2 Å². The summed E-state index contributed by atoms with van der Waals surface area (Å²) in [6, 6.07) is 3.76. The fourth-order valence-corrected chi connectivity index (χ4v) is 4.39. The van der Waals surface area contributed by atoms with Crippen LogP contribution in [-0.4, -0.2) is 35.2 Å². The van der Waals surface area contributed by atoms with Crippen molar-refractivity contribution < 1.29 is 16.8 Å². The lowest BCUT2D eigenvalue weighted by atomic mass is 10.1. The molecule has 0 atom stereocenters. The molecule has 3 N–H and O–H groups in total. The third-order valence-corrected chi connectivity index (χ3v) is 5.83. The number of hydrogen-bond donors (Lipinski definition) is 2. The zero-order chi connectivity index (χ0) is 15.8. The Balaban J connectivity index is 0.00000400. The van der Waals surface area contributed by atoms with Crippen molar-refractivity contribution in [2.75, 3.05) is 12.8 Å². The summed E-state index contributed by atoms with van der Waals surface area (Å²) in [5.74, 6) is 0. The van der Waals surface area contributed by atoms with Gasteiger partial charge in [0.15, 0.2) is 9.84 Å². The van der Waals surface area contributed by atoms with Crippen LogP contribution in [0.25, 0.3) is 0 Å². The Kier molecular flexibility index (Phi) is 6.86. The van der Waals surface area contributed by atoms with Gasteiger partial charge in [0.1, 0.15) is 0 Å². The summed E-state index contributed by atoms with van der Waals surface area (Å²) in [4.78, 5) is 0.0108. The zero-order valence-corrected chi connectivity index (χ0v) is 15.8. The minimum Gasteiger partial charge on any atom is -0.324 e. The summed E-state index contributed by atoms with van der Waals surface area (Å²) in [5.41, 5.74) is 5.03. The third kappa shape index (κ3) is 6.21. The lowest BCUT2D eigenvalue weighted by molar-refractivity contribution is 0.497. The van der Waals surface area contributed by atoms with Crippen molar-refractivity contribution in [3.63, 3.8) is 0 Å². The summed E-state index contributed by atoms with van der Waals surface area (Å²) in [7, 11) is -7.15.